The molecular weight excluding hydrogens is 320 g/mol. The van der Waals surface area contributed by atoms with Gasteiger partial charge in [-0.3, -0.25) is 0 Å². The van der Waals surface area contributed by atoms with Crippen molar-refractivity contribution in [3.05, 3.63) is 38.6 Å². The predicted molar refractivity (Wildman–Crippen MR) is 84.8 cm³/mol. The lowest BCUT2D eigenvalue weighted by atomic mass is 10.0. The Bertz CT molecular complexity index is 573. The van der Waals surface area contributed by atoms with E-state index in [4.69, 9.17) is 4.98 Å². The van der Waals surface area contributed by atoms with Crippen LogP contribution in [0.4, 0.5) is 0 Å². The van der Waals surface area contributed by atoms with Gasteiger partial charge in [0, 0.05) is 27.4 Å². The van der Waals surface area contributed by atoms with Gasteiger partial charge >= 0.3 is 0 Å². The van der Waals surface area contributed by atoms with Crippen LogP contribution in [-0.2, 0) is 0 Å². The predicted octanol–water partition coefficient (Wildman–Crippen LogP) is 4.35. The topological polar surface area (TPSA) is 24.9 Å². The van der Waals surface area contributed by atoms with E-state index in [1.807, 2.05) is 11.3 Å². The summed E-state index contributed by atoms with van der Waals surface area (Å²) in [5.74, 6) is 0.596. The Balaban J connectivity index is 1.92. The van der Waals surface area contributed by atoms with E-state index in [2.05, 4.69) is 52.4 Å². The molecule has 1 aliphatic rings. The molecule has 2 aromatic rings. The van der Waals surface area contributed by atoms with E-state index in [1.165, 1.54) is 28.3 Å². The summed E-state index contributed by atoms with van der Waals surface area (Å²) in [5.41, 5.74) is 2.35. The van der Waals surface area contributed by atoms with Crippen LogP contribution < -0.4 is 5.32 Å². The van der Waals surface area contributed by atoms with E-state index in [0.29, 0.717) is 5.92 Å². The van der Waals surface area contributed by atoms with Gasteiger partial charge in [0.25, 0.3) is 0 Å². The molecule has 0 aliphatic carbocycles. The lowest BCUT2D eigenvalue weighted by Crippen LogP contribution is -2.28. The molecule has 19 heavy (non-hydrogen) atoms. The molecule has 1 fully saturated rings. The zero-order valence-corrected chi connectivity index (χ0v) is 13.4. The van der Waals surface area contributed by atoms with Crippen molar-refractivity contribution in [2.75, 3.05) is 13.1 Å². The summed E-state index contributed by atoms with van der Waals surface area (Å²) in [6.07, 6.45) is 2.52. The minimum Gasteiger partial charge on any atom is -0.316 e. The molecule has 2 nitrogen and oxygen atoms in total. The Kier molecular flexibility index (Phi) is 4.01. The molecule has 1 unspecified atom stereocenters. The van der Waals surface area contributed by atoms with Crippen LogP contribution in [0.15, 0.2) is 28.7 Å². The zero-order valence-electron chi connectivity index (χ0n) is 10.9. The summed E-state index contributed by atoms with van der Waals surface area (Å²) in [5, 5.41) is 4.76. The lowest BCUT2D eigenvalue weighted by molar-refractivity contribution is 0.460. The molecule has 1 saturated heterocycles. The van der Waals surface area contributed by atoms with Crippen molar-refractivity contribution >= 4 is 27.3 Å². The van der Waals surface area contributed by atoms with E-state index in [1.54, 1.807) is 0 Å². The highest BCUT2D eigenvalue weighted by Gasteiger charge is 2.20. The second-order valence-electron chi connectivity index (χ2n) is 5.01. The number of thiazole rings is 1. The SMILES string of the molecule is Cc1sc(C2CCCNC2)nc1-c1cccc(Br)c1. The van der Waals surface area contributed by atoms with Gasteiger partial charge in [-0.2, -0.15) is 0 Å². The van der Waals surface area contributed by atoms with Gasteiger partial charge in [0.1, 0.15) is 0 Å². The lowest BCUT2D eigenvalue weighted by Gasteiger charge is -2.20. The fraction of sp³-hybridized carbons (Fsp3) is 0.400. The molecule has 4 heteroatoms. The quantitative estimate of drug-likeness (QED) is 0.881. The first-order valence-electron chi connectivity index (χ1n) is 6.68. The third-order valence-electron chi connectivity index (χ3n) is 3.56. The summed E-state index contributed by atoms with van der Waals surface area (Å²) in [6.45, 7) is 4.40. The first-order valence-corrected chi connectivity index (χ1v) is 8.29. The van der Waals surface area contributed by atoms with Crippen LogP contribution in [-0.4, -0.2) is 18.1 Å². The van der Waals surface area contributed by atoms with Gasteiger partial charge in [-0.05, 0) is 38.4 Å². The zero-order chi connectivity index (χ0) is 13.2. The molecule has 0 amide bonds. The van der Waals surface area contributed by atoms with Gasteiger partial charge in [0.05, 0.1) is 10.7 Å². The van der Waals surface area contributed by atoms with Crippen LogP contribution in [0, 0.1) is 6.92 Å². The number of piperidine rings is 1. The van der Waals surface area contributed by atoms with Crippen molar-refractivity contribution in [2.24, 2.45) is 0 Å². The first-order chi connectivity index (χ1) is 9.24. The number of hydrogen-bond acceptors (Lipinski definition) is 3. The van der Waals surface area contributed by atoms with Crippen LogP contribution in [0.1, 0.15) is 28.6 Å². The fourth-order valence-electron chi connectivity index (χ4n) is 2.56. The standard InChI is InChI=1S/C15H17BrN2S/c1-10-14(11-4-2-6-13(16)8-11)18-15(19-10)12-5-3-7-17-9-12/h2,4,6,8,12,17H,3,5,7,9H2,1H3. The number of rotatable bonds is 2. The first kappa shape index (κ1) is 13.3. The van der Waals surface area contributed by atoms with E-state index >= 15 is 0 Å². The third kappa shape index (κ3) is 2.91. The third-order valence-corrected chi connectivity index (χ3v) is 5.18. The maximum Gasteiger partial charge on any atom is 0.0978 e. The largest absolute Gasteiger partial charge is 0.316 e. The van der Waals surface area contributed by atoms with Gasteiger partial charge in [0.15, 0.2) is 0 Å². The number of halogens is 1. The van der Waals surface area contributed by atoms with E-state index in [0.717, 1.165) is 23.3 Å². The van der Waals surface area contributed by atoms with E-state index in [-0.39, 0.29) is 0 Å². The van der Waals surface area contributed by atoms with Gasteiger partial charge < -0.3 is 5.32 Å². The normalized spacial score (nSPS) is 19.6. The van der Waals surface area contributed by atoms with Crippen molar-refractivity contribution in [3.8, 4) is 11.3 Å². The van der Waals surface area contributed by atoms with Crippen LogP contribution in [0.25, 0.3) is 11.3 Å². The van der Waals surface area contributed by atoms with Crippen molar-refractivity contribution in [3.63, 3.8) is 0 Å². The smallest absolute Gasteiger partial charge is 0.0978 e. The Labute approximate surface area is 126 Å². The molecule has 0 saturated carbocycles. The van der Waals surface area contributed by atoms with Gasteiger partial charge in [0.2, 0.25) is 0 Å². The molecule has 1 aromatic heterocycles. The van der Waals surface area contributed by atoms with Crippen LogP contribution in [0.5, 0.6) is 0 Å². The van der Waals surface area contributed by atoms with Crippen molar-refractivity contribution in [2.45, 2.75) is 25.7 Å². The highest BCUT2D eigenvalue weighted by atomic mass is 79.9. The molecule has 3 rings (SSSR count). The summed E-state index contributed by atoms with van der Waals surface area (Å²) in [7, 11) is 0. The average molecular weight is 337 g/mol. The molecule has 1 atom stereocenters. The molecule has 0 radical (unpaired) electrons. The Morgan fingerprint density at radius 1 is 1.42 bits per heavy atom. The van der Waals surface area contributed by atoms with Gasteiger partial charge in [-0.25, -0.2) is 4.98 Å². The van der Waals surface area contributed by atoms with Gasteiger partial charge in [-0.1, -0.05) is 28.1 Å². The number of nitrogens with zero attached hydrogens (tertiary/aromatic N) is 1. The molecule has 1 aliphatic heterocycles. The Morgan fingerprint density at radius 3 is 3.05 bits per heavy atom. The summed E-state index contributed by atoms with van der Waals surface area (Å²) < 4.78 is 1.11. The van der Waals surface area contributed by atoms with Crippen molar-refractivity contribution in [1.29, 1.82) is 0 Å². The van der Waals surface area contributed by atoms with E-state index in [9.17, 15) is 0 Å². The number of hydrogen-bond donors (Lipinski definition) is 1. The van der Waals surface area contributed by atoms with Crippen LogP contribution in [0.2, 0.25) is 0 Å². The summed E-state index contributed by atoms with van der Waals surface area (Å²) in [4.78, 5) is 6.22. The monoisotopic (exact) mass is 336 g/mol. The number of nitrogens with one attached hydrogen (secondary N) is 1. The number of aryl methyl sites for hydroxylation is 1. The molecule has 0 spiro atoms. The second-order valence-corrected chi connectivity index (χ2v) is 7.16. The van der Waals surface area contributed by atoms with E-state index < -0.39 is 0 Å². The fourth-order valence-corrected chi connectivity index (χ4v) is 4.04. The number of aromatic nitrogens is 1. The molecule has 1 aromatic carbocycles. The Hall–Kier alpha value is -0.710. The number of benzene rings is 1. The average Bonchev–Trinajstić information content (AvgIpc) is 2.82. The van der Waals surface area contributed by atoms with Gasteiger partial charge in [-0.15, -0.1) is 11.3 Å². The minimum absolute atomic E-state index is 0.596. The molecule has 2 heterocycles. The molecule has 100 valence electrons. The minimum atomic E-state index is 0.596. The molecule has 0 bridgehead atoms. The van der Waals surface area contributed by atoms with Crippen LogP contribution in [0.3, 0.4) is 0 Å². The highest BCUT2D eigenvalue weighted by Crippen LogP contribution is 2.34. The second kappa shape index (κ2) is 5.73. The highest BCUT2D eigenvalue weighted by molar-refractivity contribution is 9.10. The molecule has 1 N–H and O–H groups in total. The van der Waals surface area contributed by atoms with Crippen molar-refractivity contribution < 1.29 is 0 Å². The maximum absolute atomic E-state index is 4.90. The van der Waals surface area contributed by atoms with Crippen LogP contribution >= 0.6 is 27.3 Å². The summed E-state index contributed by atoms with van der Waals surface area (Å²) in [6, 6.07) is 8.40. The Morgan fingerprint density at radius 2 is 2.32 bits per heavy atom. The maximum atomic E-state index is 4.90. The van der Waals surface area contributed by atoms with Crippen molar-refractivity contribution in [1.82, 2.24) is 10.3 Å². The molecular formula is C15H17BrN2S. The summed E-state index contributed by atoms with van der Waals surface area (Å²) >= 11 is 5.39.